The third-order valence-electron chi connectivity index (χ3n) is 3.11. The van der Waals surface area contributed by atoms with Crippen LogP contribution in [0.2, 0.25) is 0 Å². The third kappa shape index (κ3) is 2.99. The fourth-order valence-corrected chi connectivity index (χ4v) is 2.15. The van der Waals surface area contributed by atoms with E-state index >= 15 is 0 Å². The fraction of sp³-hybridized carbons (Fsp3) is 0.286. The van der Waals surface area contributed by atoms with Crippen LogP contribution in [0, 0.1) is 11.3 Å². The molecule has 0 aromatic heterocycles. The molecule has 1 aromatic rings. The van der Waals surface area contributed by atoms with E-state index in [0.29, 0.717) is 24.1 Å². The lowest BCUT2D eigenvalue weighted by atomic mass is 10.1. The molecule has 3 nitrogen and oxygen atoms in total. The molecule has 1 unspecified atom stereocenters. The molecule has 1 aliphatic rings. The number of rotatable bonds is 3. The molecule has 0 spiro atoms. The SMILES string of the molecule is N#Cc1ccc(NC2CC=C(C=O)C2)cc1C(F)(F)F. The van der Waals surface area contributed by atoms with Gasteiger partial charge in [0.2, 0.25) is 0 Å². The minimum Gasteiger partial charge on any atom is -0.382 e. The van der Waals surface area contributed by atoms with E-state index in [9.17, 15) is 18.0 Å². The monoisotopic (exact) mass is 280 g/mol. The predicted octanol–water partition coefficient (Wildman–Crippen LogP) is 3.28. The van der Waals surface area contributed by atoms with Crippen molar-refractivity contribution in [2.24, 2.45) is 0 Å². The summed E-state index contributed by atoms with van der Waals surface area (Å²) in [7, 11) is 0. The maximum atomic E-state index is 12.8. The Morgan fingerprint density at radius 1 is 1.40 bits per heavy atom. The number of aldehydes is 1. The van der Waals surface area contributed by atoms with E-state index in [1.54, 1.807) is 6.08 Å². The summed E-state index contributed by atoms with van der Waals surface area (Å²) in [6, 6.07) is 4.95. The second-order valence-electron chi connectivity index (χ2n) is 4.55. The number of nitriles is 1. The Kier molecular flexibility index (Phi) is 3.79. The Morgan fingerprint density at radius 3 is 2.70 bits per heavy atom. The number of anilines is 1. The summed E-state index contributed by atoms with van der Waals surface area (Å²) in [6.07, 6.45) is -0.967. The molecule has 0 bridgehead atoms. The van der Waals surface area contributed by atoms with Crippen LogP contribution in [0.1, 0.15) is 24.0 Å². The Bertz CT molecular complexity index is 599. The van der Waals surface area contributed by atoms with Crippen LogP contribution in [0.15, 0.2) is 29.8 Å². The van der Waals surface area contributed by atoms with Gasteiger partial charge >= 0.3 is 6.18 Å². The van der Waals surface area contributed by atoms with Gasteiger partial charge in [-0.2, -0.15) is 18.4 Å². The summed E-state index contributed by atoms with van der Waals surface area (Å²) >= 11 is 0. The van der Waals surface area contributed by atoms with Crippen molar-refractivity contribution in [3.8, 4) is 6.07 Å². The van der Waals surface area contributed by atoms with Gasteiger partial charge in [-0.3, -0.25) is 4.79 Å². The zero-order valence-electron chi connectivity index (χ0n) is 10.4. The molecule has 0 aliphatic heterocycles. The third-order valence-corrected chi connectivity index (χ3v) is 3.11. The normalized spacial score (nSPS) is 18.3. The molecule has 2 rings (SSSR count). The minimum absolute atomic E-state index is 0.0933. The highest BCUT2D eigenvalue weighted by atomic mass is 19.4. The van der Waals surface area contributed by atoms with Crippen molar-refractivity contribution >= 4 is 12.0 Å². The molecular weight excluding hydrogens is 269 g/mol. The number of halogens is 3. The number of alkyl halides is 3. The van der Waals surface area contributed by atoms with Gasteiger partial charge in [0, 0.05) is 11.7 Å². The first-order valence-electron chi connectivity index (χ1n) is 5.96. The van der Waals surface area contributed by atoms with Crippen LogP contribution in [0.5, 0.6) is 0 Å². The highest BCUT2D eigenvalue weighted by Gasteiger charge is 2.34. The number of carbonyl (C=O) groups is 1. The van der Waals surface area contributed by atoms with Gasteiger partial charge in [-0.1, -0.05) is 6.08 Å². The van der Waals surface area contributed by atoms with Gasteiger partial charge in [0.1, 0.15) is 6.29 Å². The Balaban J connectivity index is 2.19. The van der Waals surface area contributed by atoms with Crippen LogP contribution in [0.4, 0.5) is 18.9 Å². The lowest BCUT2D eigenvalue weighted by molar-refractivity contribution is -0.137. The number of nitrogens with one attached hydrogen (secondary N) is 1. The summed E-state index contributed by atoms with van der Waals surface area (Å²) in [6.45, 7) is 0. The molecule has 104 valence electrons. The second kappa shape index (κ2) is 5.37. The van der Waals surface area contributed by atoms with Crippen LogP contribution in [0.3, 0.4) is 0 Å². The van der Waals surface area contributed by atoms with Gasteiger partial charge in [-0.15, -0.1) is 0 Å². The number of benzene rings is 1. The fourth-order valence-electron chi connectivity index (χ4n) is 2.15. The van der Waals surface area contributed by atoms with E-state index in [-0.39, 0.29) is 6.04 Å². The summed E-state index contributed by atoms with van der Waals surface area (Å²) in [4.78, 5) is 10.6. The molecule has 0 heterocycles. The van der Waals surface area contributed by atoms with Crippen molar-refractivity contribution in [3.05, 3.63) is 41.0 Å². The van der Waals surface area contributed by atoms with Crippen molar-refractivity contribution in [3.63, 3.8) is 0 Å². The molecule has 1 N–H and O–H groups in total. The highest BCUT2D eigenvalue weighted by molar-refractivity contribution is 5.74. The molecular formula is C14H11F3N2O. The van der Waals surface area contributed by atoms with Crippen molar-refractivity contribution in [2.45, 2.75) is 25.1 Å². The molecule has 0 saturated heterocycles. The van der Waals surface area contributed by atoms with Crippen LogP contribution in [0.25, 0.3) is 0 Å². The first-order chi connectivity index (χ1) is 9.44. The van der Waals surface area contributed by atoms with Crippen LogP contribution >= 0.6 is 0 Å². The molecule has 0 fully saturated rings. The first kappa shape index (κ1) is 14.1. The van der Waals surface area contributed by atoms with Crippen molar-refractivity contribution < 1.29 is 18.0 Å². The van der Waals surface area contributed by atoms with Crippen LogP contribution in [-0.2, 0) is 11.0 Å². The van der Waals surface area contributed by atoms with Gasteiger partial charge < -0.3 is 5.32 Å². The van der Waals surface area contributed by atoms with E-state index < -0.39 is 17.3 Å². The maximum Gasteiger partial charge on any atom is 0.417 e. The van der Waals surface area contributed by atoms with E-state index in [4.69, 9.17) is 5.26 Å². The van der Waals surface area contributed by atoms with Crippen molar-refractivity contribution in [1.29, 1.82) is 5.26 Å². The largest absolute Gasteiger partial charge is 0.417 e. The lowest BCUT2D eigenvalue weighted by Crippen LogP contribution is -2.17. The molecule has 1 aliphatic carbocycles. The zero-order chi connectivity index (χ0) is 14.8. The molecule has 6 heteroatoms. The van der Waals surface area contributed by atoms with Crippen LogP contribution in [-0.4, -0.2) is 12.3 Å². The summed E-state index contributed by atoms with van der Waals surface area (Å²) in [5.41, 5.74) is -0.415. The van der Waals surface area contributed by atoms with Gasteiger partial charge in [0.05, 0.1) is 17.2 Å². The van der Waals surface area contributed by atoms with Gasteiger partial charge in [0.15, 0.2) is 0 Å². The standard InChI is InChI=1S/C14H11F3N2O/c15-14(16,17)13-6-12(4-2-10(13)7-18)19-11-3-1-9(5-11)8-20/h1-2,4,6,8,11,19H,3,5H2. The highest BCUT2D eigenvalue weighted by Crippen LogP contribution is 2.34. The number of carbonyl (C=O) groups excluding carboxylic acids is 1. The van der Waals surface area contributed by atoms with E-state index in [1.165, 1.54) is 12.1 Å². The van der Waals surface area contributed by atoms with Crippen molar-refractivity contribution in [2.75, 3.05) is 5.32 Å². The molecule has 0 amide bonds. The molecule has 1 aromatic carbocycles. The van der Waals surface area contributed by atoms with Gasteiger partial charge in [-0.25, -0.2) is 0 Å². The maximum absolute atomic E-state index is 12.8. The number of hydrogen-bond acceptors (Lipinski definition) is 3. The molecule has 20 heavy (non-hydrogen) atoms. The average molecular weight is 280 g/mol. The lowest BCUT2D eigenvalue weighted by Gasteiger charge is -2.16. The zero-order valence-corrected chi connectivity index (χ0v) is 10.4. The molecule has 1 atom stereocenters. The predicted molar refractivity (Wildman–Crippen MR) is 67.0 cm³/mol. The van der Waals surface area contributed by atoms with Crippen LogP contribution < -0.4 is 5.32 Å². The molecule has 0 saturated carbocycles. The Labute approximate surface area is 113 Å². The van der Waals surface area contributed by atoms with Gasteiger partial charge in [-0.05, 0) is 36.6 Å². The topological polar surface area (TPSA) is 52.9 Å². The van der Waals surface area contributed by atoms with E-state index in [1.807, 2.05) is 0 Å². The summed E-state index contributed by atoms with van der Waals surface area (Å²) in [5, 5.41) is 11.7. The van der Waals surface area contributed by atoms with E-state index in [0.717, 1.165) is 18.4 Å². The van der Waals surface area contributed by atoms with Gasteiger partial charge in [0.25, 0.3) is 0 Å². The van der Waals surface area contributed by atoms with E-state index in [2.05, 4.69) is 5.32 Å². The minimum atomic E-state index is -4.56. The Hall–Kier alpha value is -2.29. The Morgan fingerprint density at radius 2 is 2.15 bits per heavy atom. The first-order valence-corrected chi connectivity index (χ1v) is 5.96. The summed E-state index contributed by atoms with van der Waals surface area (Å²) < 4.78 is 38.4. The second-order valence-corrected chi connectivity index (χ2v) is 4.55. The summed E-state index contributed by atoms with van der Waals surface area (Å²) in [5.74, 6) is 0. The number of hydrogen-bond donors (Lipinski definition) is 1. The quantitative estimate of drug-likeness (QED) is 0.864. The number of nitrogens with zero attached hydrogens (tertiary/aromatic N) is 1. The smallest absolute Gasteiger partial charge is 0.382 e. The average Bonchev–Trinajstić information content (AvgIpc) is 2.85. The van der Waals surface area contributed by atoms with Crippen molar-refractivity contribution in [1.82, 2.24) is 0 Å². The molecule has 0 radical (unpaired) electrons.